The second-order valence-electron chi connectivity index (χ2n) is 6.68. The monoisotopic (exact) mass is 381 g/mol. The molecule has 2 fully saturated rings. The zero-order valence-electron chi connectivity index (χ0n) is 15.2. The largest absolute Gasteiger partial charge is 0.494 e. The Hall–Kier alpha value is -1.79. The van der Waals surface area contributed by atoms with Crippen molar-refractivity contribution in [3.05, 3.63) is 29.8 Å². The molecule has 1 aromatic carbocycles. The van der Waals surface area contributed by atoms with Crippen molar-refractivity contribution in [2.24, 2.45) is 0 Å². The Morgan fingerprint density at radius 3 is 2.46 bits per heavy atom. The van der Waals surface area contributed by atoms with Crippen molar-refractivity contribution in [2.45, 2.75) is 44.7 Å². The lowest BCUT2D eigenvalue weighted by molar-refractivity contribution is -0.123. The van der Waals surface area contributed by atoms with E-state index in [-0.39, 0.29) is 36.3 Å². The Morgan fingerprint density at radius 2 is 1.88 bits per heavy atom. The smallest absolute Gasteiger partial charge is 0.253 e. The van der Waals surface area contributed by atoms with Gasteiger partial charge in [-0.25, -0.2) is 0 Å². The topological polar surface area (TPSA) is 70.7 Å². The fourth-order valence-electron chi connectivity index (χ4n) is 3.48. The second-order valence-corrected chi connectivity index (χ2v) is 6.68. The van der Waals surface area contributed by atoms with Crippen LogP contribution in [0.25, 0.3) is 0 Å². The molecule has 2 aliphatic heterocycles. The number of hydrogen-bond donors (Lipinski definition) is 2. The molecule has 2 N–H and O–H groups in total. The van der Waals surface area contributed by atoms with E-state index < -0.39 is 0 Å². The molecule has 2 saturated heterocycles. The van der Waals surface area contributed by atoms with Gasteiger partial charge in [-0.2, -0.15) is 0 Å². The molecule has 1 atom stereocenters. The van der Waals surface area contributed by atoms with E-state index in [0.717, 1.165) is 38.0 Å². The minimum atomic E-state index is -0.0384. The van der Waals surface area contributed by atoms with Crippen LogP contribution in [0.5, 0.6) is 5.75 Å². The highest BCUT2D eigenvalue weighted by Crippen LogP contribution is 2.17. The summed E-state index contributed by atoms with van der Waals surface area (Å²) in [4.78, 5) is 26.6. The average Bonchev–Trinajstić information content (AvgIpc) is 3.18. The third-order valence-corrected chi connectivity index (χ3v) is 4.92. The Labute approximate surface area is 161 Å². The molecular weight excluding hydrogens is 354 g/mol. The van der Waals surface area contributed by atoms with Gasteiger partial charge in [0.05, 0.1) is 12.6 Å². The van der Waals surface area contributed by atoms with Crippen LogP contribution < -0.4 is 15.4 Å². The van der Waals surface area contributed by atoms with E-state index in [1.807, 2.05) is 36.1 Å². The summed E-state index contributed by atoms with van der Waals surface area (Å²) in [7, 11) is 0. The third kappa shape index (κ3) is 5.11. The first-order valence-corrected chi connectivity index (χ1v) is 9.23. The van der Waals surface area contributed by atoms with E-state index in [2.05, 4.69) is 10.6 Å². The molecule has 1 aromatic rings. The molecule has 0 aliphatic carbocycles. The molecule has 0 radical (unpaired) electrons. The molecule has 0 bridgehead atoms. The van der Waals surface area contributed by atoms with Crippen molar-refractivity contribution in [1.29, 1.82) is 0 Å². The molecule has 7 heteroatoms. The fraction of sp³-hybridized carbons (Fsp3) is 0.579. The summed E-state index contributed by atoms with van der Waals surface area (Å²) in [5.41, 5.74) is 0.682. The van der Waals surface area contributed by atoms with Gasteiger partial charge in [-0.3, -0.25) is 9.59 Å². The van der Waals surface area contributed by atoms with Crippen LogP contribution in [0, 0.1) is 0 Å². The van der Waals surface area contributed by atoms with Gasteiger partial charge < -0.3 is 20.3 Å². The highest BCUT2D eigenvalue weighted by atomic mass is 35.5. The van der Waals surface area contributed by atoms with Crippen LogP contribution in [-0.4, -0.2) is 55.0 Å². The first-order valence-electron chi connectivity index (χ1n) is 9.23. The Kier molecular flexibility index (Phi) is 7.72. The number of amides is 2. The maximum absolute atomic E-state index is 12.6. The van der Waals surface area contributed by atoms with E-state index in [9.17, 15) is 9.59 Å². The van der Waals surface area contributed by atoms with E-state index in [1.165, 1.54) is 0 Å². The number of benzene rings is 1. The normalized spacial score (nSPS) is 20.3. The molecule has 3 rings (SSSR count). The van der Waals surface area contributed by atoms with Crippen LogP contribution in [0.15, 0.2) is 24.3 Å². The number of hydrogen-bond acceptors (Lipinski definition) is 4. The molecule has 2 aliphatic rings. The zero-order valence-corrected chi connectivity index (χ0v) is 16.0. The predicted molar refractivity (Wildman–Crippen MR) is 103 cm³/mol. The molecule has 2 amide bonds. The summed E-state index contributed by atoms with van der Waals surface area (Å²) >= 11 is 0. The summed E-state index contributed by atoms with van der Waals surface area (Å²) < 4.78 is 5.41. The van der Waals surface area contributed by atoms with Crippen LogP contribution in [0.1, 0.15) is 43.0 Å². The van der Waals surface area contributed by atoms with Gasteiger partial charge in [0.2, 0.25) is 5.91 Å². The van der Waals surface area contributed by atoms with Gasteiger partial charge in [-0.15, -0.1) is 12.4 Å². The SMILES string of the molecule is CCOc1ccc(C(=O)N2CCC(NC(=O)C3CCCN3)CC2)cc1.Cl. The Morgan fingerprint density at radius 1 is 1.19 bits per heavy atom. The minimum absolute atomic E-state index is 0. The number of ether oxygens (including phenoxy) is 1. The molecule has 144 valence electrons. The lowest BCUT2D eigenvalue weighted by Crippen LogP contribution is -2.50. The number of halogens is 1. The fourth-order valence-corrected chi connectivity index (χ4v) is 3.48. The molecule has 0 aromatic heterocycles. The van der Waals surface area contributed by atoms with Gasteiger partial charge >= 0.3 is 0 Å². The lowest BCUT2D eigenvalue weighted by Gasteiger charge is -2.33. The van der Waals surface area contributed by atoms with Crippen LogP contribution in [0.4, 0.5) is 0 Å². The highest BCUT2D eigenvalue weighted by molar-refractivity contribution is 5.94. The van der Waals surface area contributed by atoms with Crippen LogP contribution in [0.3, 0.4) is 0 Å². The third-order valence-electron chi connectivity index (χ3n) is 4.92. The first kappa shape index (κ1) is 20.5. The maximum atomic E-state index is 12.6. The van der Waals surface area contributed by atoms with E-state index in [1.54, 1.807) is 0 Å². The Bertz CT molecular complexity index is 595. The average molecular weight is 382 g/mol. The van der Waals surface area contributed by atoms with Crippen molar-refractivity contribution in [3.63, 3.8) is 0 Å². The zero-order chi connectivity index (χ0) is 17.6. The van der Waals surface area contributed by atoms with Gasteiger partial charge in [-0.1, -0.05) is 0 Å². The van der Waals surface area contributed by atoms with Crippen molar-refractivity contribution >= 4 is 24.2 Å². The second kappa shape index (κ2) is 9.78. The van der Waals surface area contributed by atoms with E-state index in [0.29, 0.717) is 25.3 Å². The molecule has 2 heterocycles. The summed E-state index contributed by atoms with van der Waals surface area (Å²) in [5, 5.41) is 6.35. The van der Waals surface area contributed by atoms with E-state index >= 15 is 0 Å². The van der Waals surface area contributed by atoms with Crippen molar-refractivity contribution in [2.75, 3.05) is 26.2 Å². The van der Waals surface area contributed by atoms with Gasteiger partial charge in [0.1, 0.15) is 5.75 Å². The summed E-state index contributed by atoms with van der Waals surface area (Å²) in [5.74, 6) is 0.931. The van der Waals surface area contributed by atoms with Gasteiger partial charge in [-0.05, 0) is 63.4 Å². The number of piperidine rings is 1. The van der Waals surface area contributed by atoms with Crippen LogP contribution in [0.2, 0.25) is 0 Å². The van der Waals surface area contributed by atoms with Crippen molar-refractivity contribution < 1.29 is 14.3 Å². The highest BCUT2D eigenvalue weighted by Gasteiger charge is 2.28. The molecule has 6 nitrogen and oxygen atoms in total. The molecule has 0 saturated carbocycles. The number of likely N-dealkylation sites (tertiary alicyclic amines) is 1. The summed E-state index contributed by atoms with van der Waals surface area (Å²) in [6.45, 7) is 4.82. The van der Waals surface area contributed by atoms with E-state index in [4.69, 9.17) is 4.74 Å². The number of carbonyl (C=O) groups is 2. The lowest BCUT2D eigenvalue weighted by atomic mass is 10.0. The van der Waals surface area contributed by atoms with Gasteiger partial charge in [0.15, 0.2) is 0 Å². The van der Waals surface area contributed by atoms with Gasteiger partial charge in [0.25, 0.3) is 5.91 Å². The van der Waals surface area contributed by atoms with Gasteiger partial charge in [0, 0.05) is 24.7 Å². The van der Waals surface area contributed by atoms with Crippen LogP contribution in [-0.2, 0) is 4.79 Å². The first-order chi connectivity index (χ1) is 12.2. The Balaban J connectivity index is 0.00000243. The number of carbonyl (C=O) groups excluding carboxylic acids is 2. The summed E-state index contributed by atoms with van der Waals surface area (Å²) in [6, 6.07) is 7.42. The number of rotatable bonds is 5. The molecular formula is C19H28ClN3O3. The number of nitrogens with zero attached hydrogens (tertiary/aromatic N) is 1. The minimum Gasteiger partial charge on any atom is -0.494 e. The molecule has 1 unspecified atom stereocenters. The van der Waals surface area contributed by atoms with Crippen molar-refractivity contribution in [3.8, 4) is 5.75 Å². The summed E-state index contributed by atoms with van der Waals surface area (Å²) in [6.07, 6.45) is 3.59. The molecule has 0 spiro atoms. The quantitative estimate of drug-likeness (QED) is 0.818. The maximum Gasteiger partial charge on any atom is 0.253 e. The van der Waals surface area contributed by atoms with Crippen molar-refractivity contribution in [1.82, 2.24) is 15.5 Å². The molecule has 26 heavy (non-hydrogen) atoms. The predicted octanol–water partition coefficient (Wildman–Crippen LogP) is 1.98. The number of nitrogens with one attached hydrogen (secondary N) is 2. The standard InChI is InChI=1S/C19H27N3O3.ClH/c1-2-25-16-7-5-14(6-8-16)19(24)22-12-9-15(10-13-22)21-18(23)17-4-3-11-20-17;/h5-8,15,17,20H,2-4,9-13H2,1H3,(H,21,23);1H. The van der Waals surface area contributed by atoms with Crippen LogP contribution >= 0.6 is 12.4 Å².